The number of aliphatic carboxylic acids is 1. The summed E-state index contributed by atoms with van der Waals surface area (Å²) in [6.45, 7) is 2.25. The van der Waals surface area contributed by atoms with Crippen molar-refractivity contribution in [2.45, 2.75) is 58.3 Å². The second kappa shape index (κ2) is 19.0. The van der Waals surface area contributed by atoms with Gasteiger partial charge in [0.05, 0.1) is 5.97 Å². The Hall–Kier alpha value is -2.09. The highest BCUT2D eigenvalue weighted by molar-refractivity contribution is 5.77. The molecule has 0 amide bonds. The molecular formula is C22H31O2-. The summed E-state index contributed by atoms with van der Waals surface area (Å²) < 4.78 is 0. The minimum atomic E-state index is -1.19. The van der Waals surface area contributed by atoms with Crippen molar-refractivity contribution in [3.63, 3.8) is 0 Å². The van der Waals surface area contributed by atoms with E-state index >= 15 is 0 Å². The maximum absolute atomic E-state index is 10.1. The van der Waals surface area contributed by atoms with Crippen molar-refractivity contribution in [1.82, 2.24) is 0 Å². The van der Waals surface area contributed by atoms with Crippen LogP contribution in [0.5, 0.6) is 0 Å². The summed E-state index contributed by atoms with van der Waals surface area (Å²) in [7, 11) is 0. The second-order valence-corrected chi connectivity index (χ2v) is 5.56. The van der Waals surface area contributed by atoms with Crippen LogP contribution in [0.15, 0.2) is 72.9 Å². The summed E-state index contributed by atoms with van der Waals surface area (Å²) in [5.74, 6) is -1.19. The summed E-state index contributed by atoms with van der Waals surface area (Å²) in [4.78, 5) is 10.1. The van der Waals surface area contributed by atoms with E-state index in [0.717, 1.165) is 12.5 Å². The Morgan fingerprint density at radius 2 is 1.12 bits per heavy atom. The van der Waals surface area contributed by atoms with Crippen LogP contribution >= 0.6 is 0 Å². The number of carbonyl (C=O) groups excluding carboxylic acids is 1. The van der Waals surface area contributed by atoms with Gasteiger partial charge in [0.15, 0.2) is 0 Å². The van der Waals surface area contributed by atoms with Crippen molar-refractivity contribution in [2.75, 3.05) is 0 Å². The third-order valence-corrected chi connectivity index (χ3v) is 3.34. The third kappa shape index (κ3) is 19.9. The number of allylic oxidation sites excluding steroid dienone is 11. The molecule has 132 valence electrons. The number of carbonyl (C=O) groups is 1. The zero-order chi connectivity index (χ0) is 17.7. The van der Waals surface area contributed by atoms with E-state index in [1.165, 1.54) is 51.0 Å². The monoisotopic (exact) mass is 327 g/mol. The smallest absolute Gasteiger partial charge is 0.0642 e. The molecule has 0 atom stereocenters. The highest BCUT2D eigenvalue weighted by Gasteiger charge is 1.88. The minimum absolute atomic E-state index is 0.988. The van der Waals surface area contributed by atoms with Crippen LogP contribution in [0.3, 0.4) is 0 Å². The molecule has 24 heavy (non-hydrogen) atoms. The van der Waals surface area contributed by atoms with Crippen LogP contribution in [0.4, 0.5) is 0 Å². The fraction of sp³-hybridized carbons (Fsp3) is 0.409. The van der Waals surface area contributed by atoms with Crippen molar-refractivity contribution in [3.8, 4) is 0 Å². The van der Waals surface area contributed by atoms with Gasteiger partial charge in [-0.15, -0.1) is 0 Å². The lowest BCUT2D eigenvalue weighted by Gasteiger charge is -1.98. The summed E-state index contributed by atoms with van der Waals surface area (Å²) in [5.41, 5.74) is 0. The maximum Gasteiger partial charge on any atom is 0.0642 e. The molecular weight excluding hydrogens is 296 g/mol. The Morgan fingerprint density at radius 1 is 0.667 bits per heavy atom. The average molecular weight is 327 g/mol. The molecule has 2 heteroatoms. The topological polar surface area (TPSA) is 40.1 Å². The third-order valence-electron chi connectivity index (χ3n) is 3.34. The molecule has 0 aliphatic rings. The molecule has 0 N–H and O–H groups in total. The normalized spacial score (nSPS) is 13.0. The van der Waals surface area contributed by atoms with E-state index in [9.17, 15) is 9.90 Å². The van der Waals surface area contributed by atoms with Gasteiger partial charge in [-0.25, -0.2) is 0 Å². The second-order valence-electron chi connectivity index (χ2n) is 5.56. The molecule has 0 aliphatic heterocycles. The molecule has 0 aliphatic carbocycles. The molecule has 0 fully saturated rings. The van der Waals surface area contributed by atoms with Crippen LogP contribution in [-0.4, -0.2) is 5.97 Å². The van der Waals surface area contributed by atoms with Gasteiger partial charge in [-0.2, -0.15) is 0 Å². The summed E-state index contributed by atoms with van der Waals surface area (Å²) in [5, 5.41) is 10.1. The van der Waals surface area contributed by atoms with Gasteiger partial charge in [-0.1, -0.05) is 112 Å². The maximum atomic E-state index is 10.1. The van der Waals surface area contributed by atoms with Crippen LogP contribution in [0.2, 0.25) is 0 Å². The molecule has 0 heterocycles. The van der Waals surface area contributed by atoms with E-state index in [-0.39, 0.29) is 0 Å². The molecule has 0 aromatic carbocycles. The number of hydrogen-bond acceptors (Lipinski definition) is 2. The molecule has 0 radical (unpaired) electrons. The fourth-order valence-corrected chi connectivity index (χ4v) is 2.04. The average Bonchev–Trinajstić information content (AvgIpc) is 2.56. The predicted molar refractivity (Wildman–Crippen MR) is 102 cm³/mol. The quantitative estimate of drug-likeness (QED) is 0.249. The van der Waals surface area contributed by atoms with Crippen molar-refractivity contribution in [2.24, 2.45) is 0 Å². The lowest BCUT2D eigenvalue weighted by molar-refractivity contribution is -0.297. The lowest BCUT2D eigenvalue weighted by Crippen LogP contribution is -2.18. The summed E-state index contributed by atoms with van der Waals surface area (Å²) in [6, 6.07) is 0. The molecule has 0 aromatic heterocycles. The van der Waals surface area contributed by atoms with Gasteiger partial charge in [0.2, 0.25) is 0 Å². The highest BCUT2D eigenvalue weighted by Crippen LogP contribution is 2.08. The first-order valence-corrected chi connectivity index (χ1v) is 8.98. The van der Waals surface area contributed by atoms with Crippen LogP contribution in [0, 0.1) is 0 Å². The van der Waals surface area contributed by atoms with Crippen molar-refractivity contribution in [3.05, 3.63) is 72.9 Å². The minimum Gasteiger partial charge on any atom is -0.545 e. The van der Waals surface area contributed by atoms with Gasteiger partial charge in [0.25, 0.3) is 0 Å². The molecule has 2 nitrogen and oxygen atoms in total. The van der Waals surface area contributed by atoms with Gasteiger partial charge in [0, 0.05) is 0 Å². The number of hydrogen-bond donors (Lipinski definition) is 0. The Morgan fingerprint density at radius 3 is 1.67 bits per heavy atom. The zero-order valence-corrected chi connectivity index (χ0v) is 14.9. The first kappa shape index (κ1) is 21.9. The largest absolute Gasteiger partial charge is 0.545 e. The van der Waals surface area contributed by atoms with Crippen molar-refractivity contribution < 1.29 is 9.90 Å². The molecule has 0 rings (SSSR count). The van der Waals surface area contributed by atoms with E-state index in [1.807, 2.05) is 36.5 Å². The number of carboxylic acid groups (broad SMARTS) is 1. The molecule has 0 saturated heterocycles. The van der Waals surface area contributed by atoms with Crippen LogP contribution in [0.1, 0.15) is 58.3 Å². The molecule has 0 saturated carbocycles. The number of carboxylic acids is 1. The molecule has 0 aromatic rings. The first-order valence-electron chi connectivity index (χ1n) is 8.98. The van der Waals surface area contributed by atoms with Crippen molar-refractivity contribution >= 4 is 5.97 Å². The van der Waals surface area contributed by atoms with E-state index in [1.54, 1.807) is 12.2 Å². The van der Waals surface area contributed by atoms with Crippen LogP contribution in [0.25, 0.3) is 0 Å². The first-order chi connectivity index (χ1) is 11.8. The van der Waals surface area contributed by atoms with E-state index in [2.05, 4.69) is 19.1 Å². The highest BCUT2D eigenvalue weighted by atomic mass is 16.4. The Kier molecular flexibility index (Phi) is 17.3. The Labute approximate surface area is 147 Å². The molecule has 0 spiro atoms. The standard InChI is InChI=1S/C22H32O2/c1-2-3-4-5-6-7-8-9-10-11-12-13-14-15-16-17-18-19-20-21-22(23)24/h10-21H,2-9H2,1H3,(H,23,24)/p-1/b11-10+,13-12+,15-14+,17-16+,19-18+,21-20+. The predicted octanol–water partition coefficient (Wildman–Crippen LogP) is 5.21. The van der Waals surface area contributed by atoms with Gasteiger partial charge >= 0.3 is 0 Å². The lowest BCUT2D eigenvalue weighted by atomic mass is 10.1. The van der Waals surface area contributed by atoms with Gasteiger partial charge < -0.3 is 9.90 Å². The SMILES string of the molecule is CCCCCCCCC/C=C/C=C/C=C/C=C/C=C/C=C/C(=O)[O-]. The summed E-state index contributed by atoms with van der Waals surface area (Å²) in [6.07, 6.45) is 32.4. The Balaban J connectivity index is 3.57. The van der Waals surface area contributed by atoms with Crippen LogP contribution in [-0.2, 0) is 4.79 Å². The van der Waals surface area contributed by atoms with Gasteiger partial charge in [0.1, 0.15) is 0 Å². The van der Waals surface area contributed by atoms with E-state index in [4.69, 9.17) is 0 Å². The molecule has 0 bridgehead atoms. The van der Waals surface area contributed by atoms with Gasteiger partial charge in [-0.3, -0.25) is 0 Å². The van der Waals surface area contributed by atoms with E-state index < -0.39 is 5.97 Å². The zero-order valence-electron chi connectivity index (χ0n) is 14.9. The fourth-order valence-electron chi connectivity index (χ4n) is 2.04. The molecule has 0 unspecified atom stereocenters. The number of unbranched alkanes of at least 4 members (excludes halogenated alkanes) is 7. The van der Waals surface area contributed by atoms with E-state index in [0.29, 0.717) is 0 Å². The summed E-state index contributed by atoms with van der Waals surface area (Å²) >= 11 is 0. The van der Waals surface area contributed by atoms with Crippen molar-refractivity contribution in [1.29, 1.82) is 0 Å². The number of rotatable bonds is 14. The van der Waals surface area contributed by atoms with Gasteiger partial charge in [-0.05, 0) is 18.9 Å². The Bertz CT molecular complexity index is 462. The van der Waals surface area contributed by atoms with Crippen LogP contribution < -0.4 is 5.11 Å².